The van der Waals surface area contributed by atoms with Gasteiger partial charge in [0.25, 0.3) is 5.91 Å². The molecule has 0 saturated carbocycles. The molecule has 3 aromatic rings. The van der Waals surface area contributed by atoms with Crippen molar-refractivity contribution < 1.29 is 19.1 Å². The van der Waals surface area contributed by atoms with Gasteiger partial charge in [0, 0.05) is 26.3 Å². The SMILES string of the molecule is Cc1nn(C)c(C)c1CCN(C)c1ccc(C(=O)O)cc1NC(=O)c1ccccc1F. The van der Waals surface area contributed by atoms with E-state index in [4.69, 9.17) is 0 Å². The average molecular weight is 424 g/mol. The number of benzene rings is 2. The lowest BCUT2D eigenvalue weighted by molar-refractivity contribution is 0.0696. The molecule has 0 unspecified atom stereocenters. The zero-order valence-corrected chi connectivity index (χ0v) is 17.9. The van der Waals surface area contributed by atoms with Crippen molar-refractivity contribution in [2.24, 2.45) is 7.05 Å². The first-order valence-electron chi connectivity index (χ1n) is 9.82. The number of nitrogens with one attached hydrogen (secondary N) is 1. The Morgan fingerprint density at radius 2 is 1.90 bits per heavy atom. The number of carboxylic acid groups (broad SMARTS) is 1. The number of carbonyl (C=O) groups is 2. The normalized spacial score (nSPS) is 10.7. The van der Waals surface area contributed by atoms with E-state index in [1.54, 1.807) is 12.1 Å². The number of halogens is 1. The fraction of sp³-hybridized carbons (Fsp3) is 0.261. The predicted molar refractivity (Wildman–Crippen MR) is 117 cm³/mol. The van der Waals surface area contributed by atoms with Gasteiger partial charge in [0.15, 0.2) is 0 Å². The van der Waals surface area contributed by atoms with E-state index in [9.17, 15) is 19.1 Å². The quantitative estimate of drug-likeness (QED) is 0.602. The minimum atomic E-state index is -1.11. The van der Waals surface area contributed by atoms with E-state index in [1.807, 2.05) is 37.5 Å². The van der Waals surface area contributed by atoms with Gasteiger partial charge in [0.2, 0.25) is 0 Å². The van der Waals surface area contributed by atoms with Crippen LogP contribution >= 0.6 is 0 Å². The number of aromatic nitrogens is 2. The van der Waals surface area contributed by atoms with Gasteiger partial charge in [-0.2, -0.15) is 5.10 Å². The van der Waals surface area contributed by atoms with Gasteiger partial charge in [-0.15, -0.1) is 0 Å². The Morgan fingerprint density at radius 1 is 1.19 bits per heavy atom. The highest BCUT2D eigenvalue weighted by atomic mass is 19.1. The van der Waals surface area contributed by atoms with E-state index >= 15 is 0 Å². The maximum atomic E-state index is 14.0. The Kier molecular flexibility index (Phi) is 6.39. The van der Waals surface area contributed by atoms with Gasteiger partial charge >= 0.3 is 5.97 Å². The molecule has 0 bridgehead atoms. The summed E-state index contributed by atoms with van der Waals surface area (Å²) < 4.78 is 15.9. The first-order chi connectivity index (χ1) is 14.7. The summed E-state index contributed by atoms with van der Waals surface area (Å²) in [5.74, 6) is -2.40. The van der Waals surface area contributed by atoms with Gasteiger partial charge in [-0.25, -0.2) is 9.18 Å². The Labute approximate surface area is 180 Å². The van der Waals surface area contributed by atoms with Crippen molar-refractivity contribution in [1.29, 1.82) is 0 Å². The molecule has 0 aliphatic carbocycles. The molecule has 0 spiro atoms. The Bertz CT molecular complexity index is 1140. The number of amides is 1. The zero-order chi connectivity index (χ0) is 22.7. The number of carboxylic acids is 1. The van der Waals surface area contributed by atoms with Crippen molar-refractivity contribution in [3.63, 3.8) is 0 Å². The highest BCUT2D eigenvalue weighted by molar-refractivity contribution is 6.06. The first-order valence-corrected chi connectivity index (χ1v) is 9.82. The number of anilines is 2. The molecule has 0 aliphatic heterocycles. The highest BCUT2D eigenvalue weighted by Gasteiger charge is 2.18. The molecule has 7 nitrogen and oxygen atoms in total. The van der Waals surface area contributed by atoms with Crippen LogP contribution in [0, 0.1) is 19.7 Å². The number of aryl methyl sites for hydroxylation is 2. The molecule has 162 valence electrons. The largest absolute Gasteiger partial charge is 0.478 e. The smallest absolute Gasteiger partial charge is 0.335 e. The lowest BCUT2D eigenvalue weighted by atomic mass is 10.1. The molecule has 8 heteroatoms. The minimum absolute atomic E-state index is 0.0277. The number of likely N-dealkylation sites (N-methyl/N-ethyl adjacent to an activating group) is 1. The van der Waals surface area contributed by atoms with E-state index < -0.39 is 17.7 Å². The Morgan fingerprint density at radius 3 is 2.52 bits per heavy atom. The predicted octanol–water partition coefficient (Wildman–Crippen LogP) is 3.81. The third kappa shape index (κ3) is 4.74. The standard InChI is InChI=1S/C23H25FN4O3/c1-14-17(15(2)28(4)26-14)11-12-27(3)21-10-9-16(23(30)31)13-20(21)25-22(29)18-7-5-6-8-19(18)24/h5-10,13H,11-12H2,1-4H3,(H,25,29)(H,30,31). The maximum Gasteiger partial charge on any atom is 0.335 e. The Balaban J connectivity index is 1.87. The number of carbonyl (C=O) groups excluding carboxylic acids is 1. The molecular formula is C23H25FN4O3. The van der Waals surface area contributed by atoms with Crippen molar-refractivity contribution in [2.45, 2.75) is 20.3 Å². The Hall–Kier alpha value is -3.68. The highest BCUT2D eigenvalue weighted by Crippen LogP contribution is 2.28. The van der Waals surface area contributed by atoms with E-state index in [-0.39, 0.29) is 11.1 Å². The molecule has 1 aromatic heterocycles. The van der Waals surface area contributed by atoms with E-state index in [1.165, 1.54) is 30.3 Å². The van der Waals surface area contributed by atoms with Crippen LogP contribution in [0.4, 0.5) is 15.8 Å². The number of hydrogen-bond acceptors (Lipinski definition) is 4. The zero-order valence-electron chi connectivity index (χ0n) is 17.9. The lowest BCUT2D eigenvalue weighted by Crippen LogP contribution is -2.23. The summed E-state index contributed by atoms with van der Waals surface area (Å²) in [6.45, 7) is 4.59. The minimum Gasteiger partial charge on any atom is -0.478 e. The second kappa shape index (κ2) is 8.99. The third-order valence-corrected chi connectivity index (χ3v) is 5.38. The van der Waals surface area contributed by atoms with Gasteiger partial charge in [-0.05, 0) is 56.2 Å². The molecule has 1 amide bonds. The summed E-state index contributed by atoms with van der Waals surface area (Å²) in [5, 5.41) is 16.5. The third-order valence-electron chi connectivity index (χ3n) is 5.38. The monoisotopic (exact) mass is 424 g/mol. The van der Waals surface area contributed by atoms with Crippen molar-refractivity contribution in [2.75, 3.05) is 23.8 Å². The van der Waals surface area contributed by atoms with E-state index in [0.717, 1.165) is 23.4 Å². The summed E-state index contributed by atoms with van der Waals surface area (Å²) >= 11 is 0. The van der Waals surface area contributed by atoms with Crippen molar-refractivity contribution in [1.82, 2.24) is 9.78 Å². The van der Waals surface area contributed by atoms with Crippen molar-refractivity contribution >= 4 is 23.3 Å². The van der Waals surface area contributed by atoms with Crippen LogP contribution in [0.5, 0.6) is 0 Å². The van der Waals surface area contributed by atoms with Crippen LogP contribution in [0.2, 0.25) is 0 Å². The molecule has 0 saturated heterocycles. The lowest BCUT2D eigenvalue weighted by Gasteiger charge is -2.23. The van der Waals surface area contributed by atoms with Crippen LogP contribution in [-0.2, 0) is 13.5 Å². The topological polar surface area (TPSA) is 87.5 Å². The van der Waals surface area contributed by atoms with Crippen LogP contribution in [-0.4, -0.2) is 40.4 Å². The number of hydrogen-bond donors (Lipinski definition) is 2. The first kappa shape index (κ1) is 22.0. The summed E-state index contributed by atoms with van der Waals surface area (Å²) in [6, 6.07) is 10.2. The van der Waals surface area contributed by atoms with Crippen LogP contribution in [0.25, 0.3) is 0 Å². The van der Waals surface area contributed by atoms with E-state index in [2.05, 4.69) is 10.4 Å². The van der Waals surface area contributed by atoms with Crippen LogP contribution in [0.1, 0.15) is 37.7 Å². The van der Waals surface area contributed by atoms with Crippen LogP contribution < -0.4 is 10.2 Å². The van der Waals surface area contributed by atoms with Crippen molar-refractivity contribution in [3.8, 4) is 0 Å². The molecule has 0 atom stereocenters. The molecule has 0 aliphatic rings. The molecule has 1 heterocycles. The van der Waals surface area contributed by atoms with Gasteiger partial charge in [-0.3, -0.25) is 9.48 Å². The second-order valence-electron chi connectivity index (χ2n) is 7.42. The molecule has 0 fully saturated rings. The summed E-state index contributed by atoms with van der Waals surface area (Å²) in [7, 11) is 3.76. The van der Waals surface area contributed by atoms with Gasteiger partial charge in [-0.1, -0.05) is 12.1 Å². The summed E-state index contributed by atoms with van der Waals surface area (Å²) in [5.41, 5.74) is 4.04. The molecule has 2 N–H and O–H groups in total. The van der Waals surface area contributed by atoms with Gasteiger partial charge in [0.1, 0.15) is 5.82 Å². The summed E-state index contributed by atoms with van der Waals surface area (Å²) in [6.07, 6.45) is 0.726. The number of nitrogens with zero attached hydrogens (tertiary/aromatic N) is 3. The number of aromatic carboxylic acids is 1. The second-order valence-corrected chi connectivity index (χ2v) is 7.42. The maximum absolute atomic E-state index is 14.0. The van der Waals surface area contributed by atoms with E-state index in [0.29, 0.717) is 17.9 Å². The fourth-order valence-corrected chi connectivity index (χ4v) is 3.52. The molecule has 3 rings (SSSR count). The molecular weight excluding hydrogens is 399 g/mol. The molecule has 2 aromatic carbocycles. The average Bonchev–Trinajstić information content (AvgIpc) is 2.97. The fourth-order valence-electron chi connectivity index (χ4n) is 3.52. The summed E-state index contributed by atoms with van der Waals surface area (Å²) in [4.78, 5) is 26.0. The van der Waals surface area contributed by atoms with Crippen molar-refractivity contribution in [3.05, 3.63) is 76.4 Å². The van der Waals surface area contributed by atoms with Gasteiger partial charge in [0.05, 0.1) is 28.2 Å². The molecule has 31 heavy (non-hydrogen) atoms. The molecule has 0 radical (unpaired) electrons. The van der Waals surface area contributed by atoms with Gasteiger partial charge < -0.3 is 15.3 Å². The number of rotatable bonds is 7. The van der Waals surface area contributed by atoms with Crippen LogP contribution in [0.3, 0.4) is 0 Å². The van der Waals surface area contributed by atoms with Crippen LogP contribution in [0.15, 0.2) is 42.5 Å².